The Bertz CT molecular complexity index is 288. The normalized spacial score (nSPS) is 33.0. The van der Waals surface area contributed by atoms with E-state index in [0.717, 1.165) is 30.3 Å². The molecule has 0 saturated heterocycles. The van der Waals surface area contributed by atoms with E-state index in [1.54, 1.807) is 0 Å². The maximum atomic E-state index is 6.07. The first kappa shape index (κ1) is 16.3. The first-order valence-electron chi connectivity index (χ1n) is 8.82. The van der Waals surface area contributed by atoms with Crippen molar-refractivity contribution >= 4 is 0 Å². The lowest BCUT2D eigenvalue weighted by molar-refractivity contribution is 0.0518. The molecular formula is C18H36N2. The Morgan fingerprint density at radius 3 is 2.25 bits per heavy atom. The highest BCUT2D eigenvalue weighted by molar-refractivity contribution is 4.91. The van der Waals surface area contributed by atoms with Crippen molar-refractivity contribution in [1.29, 1.82) is 0 Å². The summed E-state index contributed by atoms with van der Waals surface area (Å²) in [6.45, 7) is 9.41. The van der Waals surface area contributed by atoms with Crippen molar-refractivity contribution in [3.05, 3.63) is 0 Å². The van der Waals surface area contributed by atoms with E-state index in [1.165, 1.54) is 51.5 Å². The van der Waals surface area contributed by atoms with Crippen LogP contribution in [0.1, 0.15) is 65.7 Å². The third-order valence-corrected chi connectivity index (χ3v) is 6.07. The Morgan fingerprint density at radius 2 is 1.70 bits per heavy atom. The van der Waals surface area contributed by atoms with E-state index >= 15 is 0 Å². The zero-order valence-electron chi connectivity index (χ0n) is 14.2. The SMILES string of the molecule is CN(CC1CCCC1)C1CC(C(C)(C)C)CCC1CN. The first-order valence-corrected chi connectivity index (χ1v) is 8.82. The van der Waals surface area contributed by atoms with E-state index in [0.29, 0.717) is 5.41 Å². The van der Waals surface area contributed by atoms with E-state index in [-0.39, 0.29) is 0 Å². The van der Waals surface area contributed by atoms with Crippen molar-refractivity contribution in [3.63, 3.8) is 0 Å². The molecule has 0 spiro atoms. The highest BCUT2D eigenvalue weighted by Gasteiger charge is 2.37. The van der Waals surface area contributed by atoms with E-state index in [9.17, 15) is 0 Å². The van der Waals surface area contributed by atoms with E-state index in [4.69, 9.17) is 5.73 Å². The lowest BCUT2D eigenvalue weighted by Crippen LogP contribution is -2.48. The first-order chi connectivity index (χ1) is 9.41. The van der Waals surface area contributed by atoms with Gasteiger partial charge in [-0.3, -0.25) is 0 Å². The molecule has 3 atom stereocenters. The summed E-state index contributed by atoms with van der Waals surface area (Å²) in [6.07, 6.45) is 9.87. The highest BCUT2D eigenvalue weighted by Crippen LogP contribution is 2.41. The zero-order chi connectivity index (χ0) is 14.8. The molecule has 0 heterocycles. The molecule has 0 aliphatic heterocycles. The molecule has 2 saturated carbocycles. The summed E-state index contributed by atoms with van der Waals surface area (Å²) < 4.78 is 0. The standard InChI is InChI=1S/C18H36N2/c1-18(2,3)16-10-9-15(12-19)17(11-16)20(4)13-14-7-5-6-8-14/h14-17H,5-13,19H2,1-4H3. The molecule has 2 nitrogen and oxygen atoms in total. The molecule has 2 aliphatic carbocycles. The molecule has 20 heavy (non-hydrogen) atoms. The predicted molar refractivity (Wildman–Crippen MR) is 87.7 cm³/mol. The fourth-order valence-electron chi connectivity index (χ4n) is 4.55. The van der Waals surface area contributed by atoms with Crippen molar-refractivity contribution in [2.75, 3.05) is 20.1 Å². The minimum absolute atomic E-state index is 0.450. The summed E-state index contributed by atoms with van der Waals surface area (Å²) in [6, 6.07) is 0.721. The summed E-state index contributed by atoms with van der Waals surface area (Å²) in [5.74, 6) is 2.54. The van der Waals surface area contributed by atoms with Gasteiger partial charge in [-0.25, -0.2) is 0 Å². The van der Waals surface area contributed by atoms with Crippen LogP contribution in [0.5, 0.6) is 0 Å². The molecular weight excluding hydrogens is 244 g/mol. The number of nitrogens with zero attached hydrogens (tertiary/aromatic N) is 1. The molecule has 0 aromatic carbocycles. The van der Waals surface area contributed by atoms with Gasteiger partial charge in [0.25, 0.3) is 0 Å². The van der Waals surface area contributed by atoms with Gasteiger partial charge in [-0.2, -0.15) is 0 Å². The summed E-state index contributed by atoms with van der Waals surface area (Å²) in [5, 5.41) is 0. The molecule has 0 radical (unpaired) electrons. The Kier molecular flexibility index (Phi) is 5.53. The summed E-state index contributed by atoms with van der Waals surface area (Å²) in [4.78, 5) is 2.67. The fourth-order valence-corrected chi connectivity index (χ4v) is 4.55. The minimum Gasteiger partial charge on any atom is -0.330 e. The molecule has 2 rings (SSSR count). The lowest BCUT2D eigenvalue weighted by atomic mass is 9.67. The van der Waals surface area contributed by atoms with Gasteiger partial charge < -0.3 is 10.6 Å². The Balaban J connectivity index is 1.96. The fraction of sp³-hybridized carbons (Fsp3) is 1.00. The van der Waals surface area contributed by atoms with Gasteiger partial charge in [-0.05, 0) is 68.9 Å². The molecule has 2 N–H and O–H groups in total. The smallest absolute Gasteiger partial charge is 0.0135 e. The Labute approximate surface area is 126 Å². The van der Waals surface area contributed by atoms with Crippen molar-refractivity contribution in [2.45, 2.75) is 71.8 Å². The molecule has 2 aliphatic rings. The third-order valence-electron chi connectivity index (χ3n) is 6.07. The van der Waals surface area contributed by atoms with Crippen LogP contribution in [0.15, 0.2) is 0 Å². The van der Waals surface area contributed by atoms with Gasteiger partial charge >= 0.3 is 0 Å². The highest BCUT2D eigenvalue weighted by atomic mass is 15.1. The van der Waals surface area contributed by atoms with Crippen LogP contribution in [0.3, 0.4) is 0 Å². The maximum absolute atomic E-state index is 6.07. The average Bonchev–Trinajstić information content (AvgIpc) is 2.89. The Morgan fingerprint density at radius 1 is 1.05 bits per heavy atom. The molecule has 2 fully saturated rings. The summed E-state index contributed by atoms with van der Waals surface area (Å²) in [5.41, 5.74) is 6.52. The van der Waals surface area contributed by atoms with Crippen LogP contribution in [0.4, 0.5) is 0 Å². The topological polar surface area (TPSA) is 29.3 Å². The Hall–Kier alpha value is -0.0800. The van der Waals surface area contributed by atoms with E-state index < -0.39 is 0 Å². The second kappa shape index (κ2) is 6.79. The zero-order valence-corrected chi connectivity index (χ0v) is 14.2. The summed E-state index contributed by atoms with van der Waals surface area (Å²) >= 11 is 0. The number of rotatable bonds is 4. The number of hydrogen-bond acceptors (Lipinski definition) is 2. The molecule has 0 amide bonds. The van der Waals surface area contributed by atoms with Gasteiger partial charge in [0.15, 0.2) is 0 Å². The minimum atomic E-state index is 0.450. The second-order valence-corrected chi connectivity index (χ2v) is 8.53. The predicted octanol–water partition coefficient (Wildman–Crippen LogP) is 3.90. The second-order valence-electron chi connectivity index (χ2n) is 8.53. The van der Waals surface area contributed by atoms with Gasteiger partial charge in [0.2, 0.25) is 0 Å². The van der Waals surface area contributed by atoms with Crippen molar-refractivity contribution in [3.8, 4) is 0 Å². The van der Waals surface area contributed by atoms with Crippen LogP contribution in [0, 0.1) is 23.2 Å². The molecule has 2 heteroatoms. The van der Waals surface area contributed by atoms with E-state index in [1.807, 2.05) is 0 Å². The lowest BCUT2D eigenvalue weighted by Gasteiger charge is -2.45. The molecule has 0 aromatic rings. The molecule has 0 bridgehead atoms. The van der Waals surface area contributed by atoms with Crippen molar-refractivity contribution in [2.24, 2.45) is 28.9 Å². The van der Waals surface area contributed by atoms with Crippen molar-refractivity contribution < 1.29 is 0 Å². The molecule has 118 valence electrons. The van der Waals surface area contributed by atoms with Crippen LogP contribution in [0.2, 0.25) is 0 Å². The summed E-state index contributed by atoms with van der Waals surface area (Å²) in [7, 11) is 2.36. The van der Waals surface area contributed by atoms with Crippen LogP contribution in [0.25, 0.3) is 0 Å². The van der Waals surface area contributed by atoms with Gasteiger partial charge in [0, 0.05) is 12.6 Å². The third kappa shape index (κ3) is 3.98. The van der Waals surface area contributed by atoms with Gasteiger partial charge in [-0.15, -0.1) is 0 Å². The van der Waals surface area contributed by atoms with E-state index in [2.05, 4.69) is 32.7 Å². The monoisotopic (exact) mass is 280 g/mol. The molecule has 3 unspecified atom stereocenters. The van der Waals surface area contributed by atoms with Crippen molar-refractivity contribution in [1.82, 2.24) is 4.90 Å². The van der Waals surface area contributed by atoms with Crippen LogP contribution >= 0.6 is 0 Å². The van der Waals surface area contributed by atoms with Gasteiger partial charge in [0.05, 0.1) is 0 Å². The number of nitrogens with two attached hydrogens (primary N) is 1. The van der Waals surface area contributed by atoms with Crippen LogP contribution in [-0.4, -0.2) is 31.1 Å². The maximum Gasteiger partial charge on any atom is 0.0135 e. The molecule has 0 aromatic heterocycles. The van der Waals surface area contributed by atoms with Crippen LogP contribution < -0.4 is 5.73 Å². The quantitative estimate of drug-likeness (QED) is 0.846. The largest absolute Gasteiger partial charge is 0.330 e. The average molecular weight is 280 g/mol. The number of hydrogen-bond donors (Lipinski definition) is 1. The van der Waals surface area contributed by atoms with Gasteiger partial charge in [-0.1, -0.05) is 33.6 Å². The van der Waals surface area contributed by atoms with Crippen LogP contribution in [-0.2, 0) is 0 Å². The van der Waals surface area contributed by atoms with Gasteiger partial charge in [0.1, 0.15) is 0 Å².